The van der Waals surface area contributed by atoms with Crippen molar-refractivity contribution >= 4 is 15.9 Å². The summed E-state index contributed by atoms with van der Waals surface area (Å²) < 4.78 is 0. The fourth-order valence-electron chi connectivity index (χ4n) is 3.72. The molecule has 0 N–H and O–H groups in total. The van der Waals surface area contributed by atoms with E-state index < -0.39 is 0 Å². The van der Waals surface area contributed by atoms with E-state index in [2.05, 4.69) is 40.2 Å². The van der Waals surface area contributed by atoms with E-state index in [4.69, 9.17) is 0 Å². The van der Waals surface area contributed by atoms with Crippen molar-refractivity contribution in [2.24, 2.45) is 5.92 Å². The predicted molar refractivity (Wildman–Crippen MR) is 76.8 cm³/mol. The molecule has 0 nitrogen and oxygen atoms in total. The molecule has 0 bridgehead atoms. The fraction of sp³-hybridized carbons (Fsp3) is 0.625. The first kappa shape index (κ1) is 11.8. The lowest BCUT2D eigenvalue weighted by molar-refractivity contribution is 0.417. The van der Waals surface area contributed by atoms with Crippen molar-refractivity contribution < 1.29 is 0 Å². The van der Waals surface area contributed by atoms with Gasteiger partial charge in [-0.15, -0.1) is 0 Å². The topological polar surface area (TPSA) is 0 Å². The van der Waals surface area contributed by atoms with Crippen LogP contribution < -0.4 is 0 Å². The standard InChI is InChI=1S/C16H21Br/c17-16-10-4-8-14(16)11-13-7-3-6-12-5-1-2-9-15(12)13/h1-2,5,9,13-14,16H,3-4,6-8,10-11H2. The first-order valence-electron chi connectivity index (χ1n) is 7.06. The van der Waals surface area contributed by atoms with E-state index in [1.807, 2.05) is 0 Å². The average molecular weight is 293 g/mol. The van der Waals surface area contributed by atoms with E-state index in [0.717, 1.165) is 16.7 Å². The summed E-state index contributed by atoms with van der Waals surface area (Å²) >= 11 is 3.87. The zero-order valence-electron chi connectivity index (χ0n) is 10.4. The van der Waals surface area contributed by atoms with Gasteiger partial charge in [-0.2, -0.15) is 0 Å². The summed E-state index contributed by atoms with van der Waals surface area (Å²) in [5, 5.41) is 0. The van der Waals surface area contributed by atoms with Crippen molar-refractivity contribution in [2.45, 2.75) is 55.7 Å². The van der Waals surface area contributed by atoms with Crippen molar-refractivity contribution in [1.82, 2.24) is 0 Å². The summed E-state index contributed by atoms with van der Waals surface area (Å²) in [5.41, 5.74) is 3.28. The minimum atomic E-state index is 0.789. The Morgan fingerprint density at radius 2 is 1.94 bits per heavy atom. The van der Waals surface area contributed by atoms with Gasteiger partial charge in [-0.25, -0.2) is 0 Å². The molecule has 1 fully saturated rings. The Morgan fingerprint density at radius 1 is 1.06 bits per heavy atom. The fourth-order valence-corrected chi connectivity index (χ4v) is 4.53. The van der Waals surface area contributed by atoms with Gasteiger partial charge in [0.1, 0.15) is 0 Å². The molecule has 1 saturated carbocycles. The number of aryl methyl sites for hydroxylation is 1. The molecule has 3 rings (SSSR count). The minimum Gasteiger partial charge on any atom is -0.0888 e. The molecule has 1 aromatic carbocycles. The van der Waals surface area contributed by atoms with Gasteiger partial charge in [-0.3, -0.25) is 0 Å². The zero-order chi connectivity index (χ0) is 11.7. The van der Waals surface area contributed by atoms with Gasteiger partial charge in [0.05, 0.1) is 0 Å². The number of rotatable bonds is 2. The molecule has 1 aromatic rings. The summed E-state index contributed by atoms with van der Waals surface area (Å²) in [4.78, 5) is 0.789. The molecule has 3 unspecified atom stereocenters. The van der Waals surface area contributed by atoms with Gasteiger partial charge >= 0.3 is 0 Å². The van der Waals surface area contributed by atoms with Crippen LogP contribution in [0.3, 0.4) is 0 Å². The maximum Gasteiger partial charge on any atom is 0.0174 e. The van der Waals surface area contributed by atoms with E-state index in [1.165, 1.54) is 44.9 Å². The predicted octanol–water partition coefficient (Wildman–Crippen LogP) is 5.06. The molecular weight excluding hydrogens is 272 g/mol. The molecule has 2 aliphatic rings. The molecule has 0 saturated heterocycles. The summed E-state index contributed by atoms with van der Waals surface area (Å²) in [5.74, 6) is 1.76. The molecule has 3 atom stereocenters. The lowest BCUT2D eigenvalue weighted by Crippen LogP contribution is -2.16. The van der Waals surface area contributed by atoms with E-state index >= 15 is 0 Å². The third kappa shape index (κ3) is 2.45. The van der Waals surface area contributed by atoms with Gasteiger partial charge in [0.15, 0.2) is 0 Å². The third-order valence-electron chi connectivity index (χ3n) is 4.65. The van der Waals surface area contributed by atoms with Gasteiger partial charge in [0, 0.05) is 4.83 Å². The second-order valence-electron chi connectivity index (χ2n) is 5.73. The monoisotopic (exact) mass is 292 g/mol. The number of hydrogen-bond donors (Lipinski definition) is 0. The molecular formula is C16H21Br. The Bertz CT molecular complexity index is 385. The highest BCUT2D eigenvalue weighted by Gasteiger charge is 2.29. The first-order chi connectivity index (χ1) is 8.34. The highest BCUT2D eigenvalue weighted by atomic mass is 79.9. The maximum atomic E-state index is 3.87. The second-order valence-corrected chi connectivity index (χ2v) is 6.91. The molecule has 17 heavy (non-hydrogen) atoms. The van der Waals surface area contributed by atoms with Crippen LogP contribution in [0.25, 0.3) is 0 Å². The average Bonchev–Trinajstić information content (AvgIpc) is 2.76. The van der Waals surface area contributed by atoms with Crippen LogP contribution in [0.5, 0.6) is 0 Å². The Kier molecular flexibility index (Phi) is 3.56. The minimum absolute atomic E-state index is 0.789. The Labute approximate surface area is 113 Å². The van der Waals surface area contributed by atoms with Crippen molar-refractivity contribution in [2.75, 3.05) is 0 Å². The van der Waals surface area contributed by atoms with Gasteiger partial charge in [-0.1, -0.05) is 46.6 Å². The zero-order valence-corrected chi connectivity index (χ0v) is 12.0. The van der Waals surface area contributed by atoms with Crippen LogP contribution in [0, 0.1) is 5.92 Å². The summed E-state index contributed by atoms with van der Waals surface area (Å²) in [6.07, 6.45) is 9.76. The molecule has 0 aliphatic heterocycles. The molecule has 2 aliphatic carbocycles. The smallest absolute Gasteiger partial charge is 0.0174 e. The normalized spacial score (nSPS) is 32.4. The van der Waals surface area contributed by atoms with Crippen LogP contribution in [-0.4, -0.2) is 4.83 Å². The van der Waals surface area contributed by atoms with Crippen molar-refractivity contribution in [1.29, 1.82) is 0 Å². The van der Waals surface area contributed by atoms with E-state index in [9.17, 15) is 0 Å². The van der Waals surface area contributed by atoms with Crippen LogP contribution in [0.2, 0.25) is 0 Å². The molecule has 0 aromatic heterocycles. The van der Waals surface area contributed by atoms with Gasteiger partial charge in [0.25, 0.3) is 0 Å². The largest absolute Gasteiger partial charge is 0.0888 e. The summed E-state index contributed by atoms with van der Waals surface area (Å²) in [7, 11) is 0. The van der Waals surface area contributed by atoms with Crippen LogP contribution in [0.4, 0.5) is 0 Å². The summed E-state index contributed by atoms with van der Waals surface area (Å²) in [6.45, 7) is 0. The Hall–Kier alpha value is -0.300. The van der Waals surface area contributed by atoms with Gasteiger partial charge in [0.2, 0.25) is 0 Å². The number of alkyl halides is 1. The van der Waals surface area contributed by atoms with Crippen molar-refractivity contribution in [3.63, 3.8) is 0 Å². The van der Waals surface area contributed by atoms with E-state index in [-0.39, 0.29) is 0 Å². The number of hydrogen-bond acceptors (Lipinski definition) is 0. The van der Waals surface area contributed by atoms with Crippen LogP contribution in [0.15, 0.2) is 24.3 Å². The molecule has 1 heteroatoms. The Morgan fingerprint density at radius 3 is 2.76 bits per heavy atom. The van der Waals surface area contributed by atoms with Crippen molar-refractivity contribution in [3.8, 4) is 0 Å². The van der Waals surface area contributed by atoms with Gasteiger partial charge in [-0.05, 0) is 61.5 Å². The SMILES string of the molecule is BrC1CCCC1CC1CCCc2ccccc21. The van der Waals surface area contributed by atoms with Crippen molar-refractivity contribution in [3.05, 3.63) is 35.4 Å². The molecule has 0 spiro atoms. The molecule has 0 heterocycles. The quantitative estimate of drug-likeness (QED) is 0.669. The molecule has 92 valence electrons. The summed E-state index contributed by atoms with van der Waals surface area (Å²) in [6, 6.07) is 9.13. The number of benzene rings is 1. The molecule has 0 amide bonds. The Balaban J connectivity index is 1.76. The van der Waals surface area contributed by atoms with E-state index in [1.54, 1.807) is 11.1 Å². The first-order valence-corrected chi connectivity index (χ1v) is 7.98. The highest BCUT2D eigenvalue weighted by molar-refractivity contribution is 9.09. The van der Waals surface area contributed by atoms with Crippen LogP contribution in [0.1, 0.15) is 55.6 Å². The lowest BCUT2D eigenvalue weighted by atomic mass is 9.78. The van der Waals surface area contributed by atoms with Crippen LogP contribution >= 0.6 is 15.9 Å². The highest BCUT2D eigenvalue weighted by Crippen LogP contribution is 2.42. The van der Waals surface area contributed by atoms with Crippen LogP contribution in [-0.2, 0) is 6.42 Å². The number of fused-ring (bicyclic) bond motifs is 1. The van der Waals surface area contributed by atoms with Gasteiger partial charge < -0.3 is 0 Å². The molecule has 0 radical (unpaired) electrons. The number of halogens is 1. The third-order valence-corrected chi connectivity index (χ3v) is 5.85. The lowest BCUT2D eigenvalue weighted by Gasteiger charge is -2.28. The van der Waals surface area contributed by atoms with E-state index in [0.29, 0.717) is 0 Å². The maximum absolute atomic E-state index is 3.87. The second kappa shape index (κ2) is 5.14.